The highest BCUT2D eigenvalue weighted by molar-refractivity contribution is 8.01. The van der Waals surface area contributed by atoms with E-state index in [2.05, 4.69) is 26.6 Å². The summed E-state index contributed by atoms with van der Waals surface area (Å²) in [7, 11) is 0. The van der Waals surface area contributed by atoms with Gasteiger partial charge in [0, 0.05) is 23.7 Å². The fourth-order valence-corrected chi connectivity index (χ4v) is 3.38. The van der Waals surface area contributed by atoms with E-state index in [-0.39, 0.29) is 0 Å². The van der Waals surface area contributed by atoms with E-state index >= 15 is 0 Å². The molecule has 1 fully saturated rings. The Bertz CT molecular complexity index is 496. The molecule has 2 aromatic heterocycles. The second-order valence-corrected chi connectivity index (χ2v) is 6.53. The number of thioether (sulfide) groups is 1. The predicted octanol–water partition coefficient (Wildman–Crippen LogP) is 2.84. The van der Waals surface area contributed by atoms with Crippen LogP contribution in [-0.2, 0) is 6.42 Å². The first-order valence-corrected chi connectivity index (χ1v) is 7.83. The van der Waals surface area contributed by atoms with Gasteiger partial charge in [-0.2, -0.15) is 0 Å². The summed E-state index contributed by atoms with van der Waals surface area (Å²) in [6.07, 6.45) is 5.34. The average molecular weight is 278 g/mol. The van der Waals surface area contributed by atoms with Crippen molar-refractivity contribution in [3.05, 3.63) is 30.1 Å². The zero-order valence-electron chi connectivity index (χ0n) is 9.87. The number of aryl methyl sites for hydroxylation is 1. The van der Waals surface area contributed by atoms with Crippen LogP contribution in [0.25, 0.3) is 0 Å². The van der Waals surface area contributed by atoms with Crippen molar-refractivity contribution in [3.8, 4) is 0 Å². The molecule has 0 amide bonds. The molecule has 0 spiro atoms. The molecule has 0 aromatic carbocycles. The third-order valence-electron chi connectivity index (χ3n) is 2.62. The molecule has 18 heavy (non-hydrogen) atoms. The van der Waals surface area contributed by atoms with E-state index in [9.17, 15) is 0 Å². The summed E-state index contributed by atoms with van der Waals surface area (Å²) >= 11 is 3.39. The fourth-order valence-electron chi connectivity index (χ4n) is 1.52. The minimum atomic E-state index is 0.643. The van der Waals surface area contributed by atoms with Gasteiger partial charge in [-0.25, -0.2) is 0 Å². The van der Waals surface area contributed by atoms with E-state index in [0.717, 1.165) is 27.3 Å². The quantitative estimate of drug-likeness (QED) is 0.823. The van der Waals surface area contributed by atoms with E-state index in [1.165, 1.54) is 12.8 Å². The lowest BCUT2D eigenvalue weighted by atomic mass is 10.3. The minimum Gasteiger partial charge on any atom is -0.357 e. The van der Waals surface area contributed by atoms with Crippen LogP contribution in [0.5, 0.6) is 0 Å². The van der Waals surface area contributed by atoms with Gasteiger partial charge in [0.1, 0.15) is 0 Å². The molecule has 0 atom stereocenters. The molecule has 1 aliphatic carbocycles. The maximum Gasteiger partial charge on any atom is 0.206 e. The monoisotopic (exact) mass is 278 g/mol. The first-order chi connectivity index (χ1) is 8.90. The Kier molecular flexibility index (Phi) is 3.75. The van der Waals surface area contributed by atoms with Crippen LogP contribution in [-0.4, -0.2) is 27.0 Å². The molecule has 1 saturated carbocycles. The molecule has 0 bridgehead atoms. The van der Waals surface area contributed by atoms with Gasteiger partial charge in [0.25, 0.3) is 0 Å². The molecule has 0 unspecified atom stereocenters. The summed E-state index contributed by atoms with van der Waals surface area (Å²) in [5, 5.41) is 12.6. The molecule has 6 heteroatoms. The number of anilines is 1. The third-order valence-corrected chi connectivity index (χ3v) is 4.61. The molecule has 4 nitrogen and oxygen atoms in total. The van der Waals surface area contributed by atoms with Crippen molar-refractivity contribution in [2.45, 2.75) is 29.6 Å². The van der Waals surface area contributed by atoms with Crippen molar-refractivity contribution in [1.82, 2.24) is 15.2 Å². The Morgan fingerprint density at radius 3 is 3.06 bits per heavy atom. The standard InChI is InChI=1S/C12H14N4S2/c1-2-7-13-9(3-1)6-8-17-12-16-15-11(18-12)14-10-4-5-10/h1-3,7,10H,4-6,8H2,(H,14,15). The highest BCUT2D eigenvalue weighted by Gasteiger charge is 2.22. The Labute approximate surface area is 114 Å². The van der Waals surface area contributed by atoms with E-state index in [1.807, 2.05) is 18.3 Å². The van der Waals surface area contributed by atoms with Gasteiger partial charge in [-0.1, -0.05) is 29.2 Å². The van der Waals surface area contributed by atoms with Crippen LogP contribution in [0.2, 0.25) is 0 Å². The van der Waals surface area contributed by atoms with Gasteiger partial charge in [0.2, 0.25) is 5.13 Å². The SMILES string of the molecule is c1ccc(CCSc2nnc(NC3CC3)s2)nc1. The summed E-state index contributed by atoms with van der Waals surface area (Å²) < 4.78 is 1.04. The molecule has 0 saturated heterocycles. The van der Waals surface area contributed by atoms with Crippen LogP contribution in [0, 0.1) is 0 Å². The summed E-state index contributed by atoms with van der Waals surface area (Å²) in [6.45, 7) is 0. The molecular weight excluding hydrogens is 264 g/mol. The van der Waals surface area contributed by atoms with Crippen LogP contribution in [0.4, 0.5) is 5.13 Å². The number of hydrogen-bond donors (Lipinski definition) is 1. The summed E-state index contributed by atoms with van der Waals surface area (Å²) in [6, 6.07) is 6.66. The van der Waals surface area contributed by atoms with Crippen molar-refractivity contribution in [3.63, 3.8) is 0 Å². The molecular formula is C12H14N4S2. The minimum absolute atomic E-state index is 0.643. The number of hydrogen-bond acceptors (Lipinski definition) is 6. The van der Waals surface area contributed by atoms with Gasteiger partial charge in [-0.3, -0.25) is 4.98 Å². The second-order valence-electron chi connectivity index (χ2n) is 4.21. The van der Waals surface area contributed by atoms with Crippen LogP contribution in [0.1, 0.15) is 18.5 Å². The normalized spacial score (nSPS) is 14.7. The Balaban J connectivity index is 1.46. The largest absolute Gasteiger partial charge is 0.357 e. The Hall–Kier alpha value is -1.14. The maximum absolute atomic E-state index is 4.30. The van der Waals surface area contributed by atoms with Crippen LogP contribution in [0.3, 0.4) is 0 Å². The maximum atomic E-state index is 4.30. The number of pyridine rings is 1. The average Bonchev–Trinajstić information content (AvgIpc) is 3.10. The lowest BCUT2D eigenvalue weighted by Crippen LogP contribution is -1.99. The molecule has 1 aliphatic rings. The first kappa shape index (κ1) is 11.9. The molecule has 3 rings (SSSR count). The molecule has 0 radical (unpaired) electrons. The van der Waals surface area contributed by atoms with Crippen LogP contribution in [0.15, 0.2) is 28.7 Å². The van der Waals surface area contributed by atoms with Crippen molar-refractivity contribution in [2.75, 3.05) is 11.1 Å². The van der Waals surface area contributed by atoms with Gasteiger partial charge < -0.3 is 5.32 Å². The van der Waals surface area contributed by atoms with Gasteiger partial charge in [-0.05, 0) is 31.4 Å². The van der Waals surface area contributed by atoms with Gasteiger partial charge >= 0.3 is 0 Å². The van der Waals surface area contributed by atoms with E-state index in [0.29, 0.717) is 6.04 Å². The summed E-state index contributed by atoms with van der Waals surface area (Å²) in [4.78, 5) is 4.30. The molecule has 94 valence electrons. The topological polar surface area (TPSA) is 50.7 Å². The van der Waals surface area contributed by atoms with Crippen molar-refractivity contribution < 1.29 is 0 Å². The lowest BCUT2D eigenvalue weighted by molar-refractivity contribution is 0.990. The zero-order valence-corrected chi connectivity index (χ0v) is 11.5. The zero-order chi connectivity index (χ0) is 12.2. The molecule has 0 aliphatic heterocycles. The van der Waals surface area contributed by atoms with Crippen molar-refractivity contribution >= 4 is 28.2 Å². The molecule has 1 N–H and O–H groups in total. The number of rotatable bonds is 6. The predicted molar refractivity (Wildman–Crippen MR) is 75.2 cm³/mol. The molecule has 2 aromatic rings. The highest BCUT2D eigenvalue weighted by Crippen LogP contribution is 2.30. The number of nitrogens with one attached hydrogen (secondary N) is 1. The highest BCUT2D eigenvalue weighted by atomic mass is 32.2. The van der Waals surface area contributed by atoms with E-state index in [4.69, 9.17) is 0 Å². The van der Waals surface area contributed by atoms with Crippen molar-refractivity contribution in [1.29, 1.82) is 0 Å². The third kappa shape index (κ3) is 3.43. The lowest BCUT2D eigenvalue weighted by Gasteiger charge is -1.97. The number of nitrogens with zero attached hydrogens (tertiary/aromatic N) is 3. The smallest absolute Gasteiger partial charge is 0.206 e. The van der Waals surface area contributed by atoms with E-state index in [1.54, 1.807) is 23.1 Å². The van der Waals surface area contributed by atoms with Crippen LogP contribution >= 0.6 is 23.1 Å². The van der Waals surface area contributed by atoms with Gasteiger partial charge in [0.05, 0.1) is 0 Å². The van der Waals surface area contributed by atoms with Gasteiger partial charge in [0.15, 0.2) is 4.34 Å². The second kappa shape index (κ2) is 5.67. The fraction of sp³-hybridized carbons (Fsp3) is 0.417. The molecule has 2 heterocycles. The van der Waals surface area contributed by atoms with Gasteiger partial charge in [-0.15, -0.1) is 10.2 Å². The Morgan fingerprint density at radius 1 is 1.33 bits per heavy atom. The summed E-state index contributed by atoms with van der Waals surface area (Å²) in [5.41, 5.74) is 1.13. The summed E-state index contributed by atoms with van der Waals surface area (Å²) in [5.74, 6) is 0.995. The number of aromatic nitrogens is 3. The Morgan fingerprint density at radius 2 is 2.28 bits per heavy atom. The van der Waals surface area contributed by atoms with Crippen molar-refractivity contribution in [2.24, 2.45) is 0 Å². The first-order valence-electron chi connectivity index (χ1n) is 6.03. The van der Waals surface area contributed by atoms with E-state index < -0.39 is 0 Å². The van der Waals surface area contributed by atoms with Crippen LogP contribution < -0.4 is 5.32 Å².